The van der Waals surface area contributed by atoms with Crippen molar-refractivity contribution in [1.82, 2.24) is 10.2 Å². The van der Waals surface area contributed by atoms with E-state index in [-0.39, 0.29) is 5.91 Å². The van der Waals surface area contributed by atoms with E-state index in [0.717, 1.165) is 18.7 Å². The zero-order valence-corrected chi connectivity index (χ0v) is 13.2. The maximum Gasteiger partial charge on any atom is 0.276 e. The largest absolute Gasteiger partial charge is 0.371 e. The SMILES string of the molecule is Cc1cc(/C=C2/NC(=S)N(C)C2=O)ccc1N1CCCC1. The zero-order chi connectivity index (χ0) is 15.0. The first-order valence-electron chi connectivity index (χ1n) is 7.22. The highest BCUT2D eigenvalue weighted by Crippen LogP contribution is 2.26. The van der Waals surface area contributed by atoms with E-state index in [9.17, 15) is 4.79 Å². The third-order valence-corrected chi connectivity index (χ3v) is 4.44. The number of benzene rings is 1. The maximum atomic E-state index is 12.0. The predicted octanol–water partition coefficient (Wildman–Crippen LogP) is 2.28. The lowest BCUT2D eigenvalue weighted by Gasteiger charge is -2.20. The molecule has 2 aliphatic rings. The van der Waals surface area contributed by atoms with E-state index >= 15 is 0 Å². The van der Waals surface area contributed by atoms with Gasteiger partial charge < -0.3 is 10.2 Å². The van der Waals surface area contributed by atoms with E-state index in [1.807, 2.05) is 6.08 Å². The van der Waals surface area contributed by atoms with Crippen molar-refractivity contribution in [2.75, 3.05) is 25.0 Å². The monoisotopic (exact) mass is 301 g/mol. The van der Waals surface area contributed by atoms with E-state index in [1.54, 1.807) is 7.05 Å². The van der Waals surface area contributed by atoms with Crippen LogP contribution in [0.1, 0.15) is 24.0 Å². The molecule has 2 fully saturated rings. The smallest absolute Gasteiger partial charge is 0.276 e. The van der Waals surface area contributed by atoms with Crippen LogP contribution in [0.25, 0.3) is 6.08 Å². The number of thiocarbonyl (C=S) groups is 1. The molecule has 0 bridgehead atoms. The van der Waals surface area contributed by atoms with Crippen molar-refractivity contribution in [3.05, 3.63) is 35.0 Å². The van der Waals surface area contributed by atoms with Crippen LogP contribution in [-0.2, 0) is 4.79 Å². The van der Waals surface area contributed by atoms with E-state index in [1.165, 1.54) is 29.0 Å². The summed E-state index contributed by atoms with van der Waals surface area (Å²) in [7, 11) is 1.68. The van der Waals surface area contributed by atoms with Crippen LogP contribution < -0.4 is 10.2 Å². The van der Waals surface area contributed by atoms with Gasteiger partial charge in [-0.1, -0.05) is 6.07 Å². The third-order valence-electron chi connectivity index (χ3n) is 4.06. The summed E-state index contributed by atoms with van der Waals surface area (Å²) in [6.45, 7) is 4.40. The minimum absolute atomic E-state index is 0.0822. The van der Waals surface area contributed by atoms with Gasteiger partial charge in [0.2, 0.25) is 0 Å². The van der Waals surface area contributed by atoms with E-state index in [0.29, 0.717) is 10.8 Å². The quantitative estimate of drug-likeness (QED) is 0.671. The molecule has 1 amide bonds. The van der Waals surface area contributed by atoms with Gasteiger partial charge in [-0.2, -0.15) is 0 Å². The Morgan fingerprint density at radius 3 is 2.57 bits per heavy atom. The molecule has 21 heavy (non-hydrogen) atoms. The second-order valence-corrected chi connectivity index (χ2v) is 5.98. The maximum absolute atomic E-state index is 12.0. The Morgan fingerprint density at radius 2 is 2.00 bits per heavy atom. The van der Waals surface area contributed by atoms with Crippen molar-refractivity contribution in [2.24, 2.45) is 0 Å². The molecule has 4 nitrogen and oxygen atoms in total. The van der Waals surface area contributed by atoms with Crippen molar-refractivity contribution in [3.8, 4) is 0 Å². The molecule has 110 valence electrons. The standard InChI is InChI=1S/C16H19N3OS/c1-11-9-12(5-6-14(11)19-7-3-4-8-19)10-13-15(20)18(2)16(21)17-13/h5-6,9-10H,3-4,7-8H2,1-2H3,(H,17,21)/b13-10+. The molecule has 1 N–H and O–H groups in total. The number of amides is 1. The van der Waals surface area contributed by atoms with Crippen LogP contribution in [-0.4, -0.2) is 36.1 Å². The van der Waals surface area contributed by atoms with Crippen molar-refractivity contribution in [2.45, 2.75) is 19.8 Å². The average molecular weight is 301 g/mol. The Kier molecular flexibility index (Phi) is 3.68. The molecule has 2 heterocycles. The van der Waals surface area contributed by atoms with Crippen LogP contribution in [0.15, 0.2) is 23.9 Å². The second-order valence-electron chi connectivity index (χ2n) is 5.59. The summed E-state index contributed by atoms with van der Waals surface area (Å²) in [4.78, 5) is 15.9. The molecule has 5 heteroatoms. The summed E-state index contributed by atoms with van der Waals surface area (Å²) in [6, 6.07) is 6.33. The van der Waals surface area contributed by atoms with Crippen molar-refractivity contribution in [3.63, 3.8) is 0 Å². The number of nitrogens with one attached hydrogen (secondary N) is 1. The van der Waals surface area contributed by atoms with Crippen molar-refractivity contribution in [1.29, 1.82) is 0 Å². The highest BCUT2D eigenvalue weighted by Gasteiger charge is 2.26. The van der Waals surface area contributed by atoms with Gasteiger partial charge in [-0.25, -0.2) is 0 Å². The van der Waals surface area contributed by atoms with Crippen LogP contribution in [0.4, 0.5) is 5.69 Å². The van der Waals surface area contributed by atoms with Crippen LogP contribution >= 0.6 is 12.2 Å². The van der Waals surface area contributed by atoms with Gasteiger partial charge in [-0.05, 0) is 61.3 Å². The summed E-state index contributed by atoms with van der Waals surface area (Å²) >= 11 is 5.08. The van der Waals surface area contributed by atoms with E-state index in [4.69, 9.17) is 12.2 Å². The van der Waals surface area contributed by atoms with Crippen LogP contribution in [0.2, 0.25) is 0 Å². The van der Waals surface area contributed by atoms with E-state index < -0.39 is 0 Å². The molecule has 2 aliphatic heterocycles. The summed E-state index contributed by atoms with van der Waals surface area (Å²) in [5.41, 5.74) is 4.10. The molecule has 0 unspecified atom stereocenters. The number of nitrogens with zero attached hydrogens (tertiary/aromatic N) is 2. The lowest BCUT2D eigenvalue weighted by atomic mass is 10.1. The van der Waals surface area contributed by atoms with E-state index in [2.05, 4.69) is 35.3 Å². The van der Waals surface area contributed by atoms with Gasteiger partial charge in [0.1, 0.15) is 5.70 Å². The minimum Gasteiger partial charge on any atom is -0.371 e. The third kappa shape index (κ3) is 2.65. The Morgan fingerprint density at radius 1 is 1.29 bits per heavy atom. The summed E-state index contributed by atoms with van der Waals surface area (Å²) in [6.07, 6.45) is 4.40. The fourth-order valence-electron chi connectivity index (χ4n) is 2.87. The molecular formula is C16H19N3OS. The Balaban J connectivity index is 1.86. The molecule has 1 aromatic carbocycles. The summed E-state index contributed by atoms with van der Waals surface area (Å²) in [5, 5.41) is 3.40. The lowest BCUT2D eigenvalue weighted by molar-refractivity contribution is -0.121. The number of likely N-dealkylation sites (N-methyl/N-ethyl adjacent to an activating group) is 1. The Labute approximate surface area is 130 Å². The Bertz CT molecular complexity index is 632. The number of anilines is 1. The molecule has 0 aliphatic carbocycles. The highest BCUT2D eigenvalue weighted by molar-refractivity contribution is 7.80. The predicted molar refractivity (Wildman–Crippen MR) is 89.1 cm³/mol. The number of rotatable bonds is 2. The summed E-state index contributed by atoms with van der Waals surface area (Å²) < 4.78 is 0. The molecule has 3 rings (SSSR count). The van der Waals surface area contributed by atoms with Crippen LogP contribution in [0.3, 0.4) is 0 Å². The van der Waals surface area contributed by atoms with Gasteiger partial charge in [-0.3, -0.25) is 9.69 Å². The highest BCUT2D eigenvalue weighted by atomic mass is 32.1. The number of carbonyl (C=O) groups excluding carboxylic acids is 1. The molecule has 0 saturated carbocycles. The van der Waals surface area contributed by atoms with Crippen molar-refractivity contribution < 1.29 is 4.79 Å². The van der Waals surface area contributed by atoms with Gasteiger partial charge in [0.05, 0.1) is 0 Å². The normalized spacial score (nSPS) is 20.6. The molecule has 2 saturated heterocycles. The first-order valence-corrected chi connectivity index (χ1v) is 7.63. The number of hydrogen-bond acceptors (Lipinski definition) is 3. The topological polar surface area (TPSA) is 35.6 Å². The molecule has 0 spiro atoms. The molecular weight excluding hydrogens is 282 g/mol. The molecule has 1 aromatic rings. The van der Waals surface area contributed by atoms with Gasteiger partial charge in [0.15, 0.2) is 5.11 Å². The van der Waals surface area contributed by atoms with Gasteiger partial charge >= 0.3 is 0 Å². The van der Waals surface area contributed by atoms with Gasteiger partial charge in [-0.15, -0.1) is 0 Å². The molecule has 0 aromatic heterocycles. The average Bonchev–Trinajstić information content (AvgIpc) is 3.05. The van der Waals surface area contributed by atoms with Crippen LogP contribution in [0, 0.1) is 6.92 Å². The zero-order valence-electron chi connectivity index (χ0n) is 12.3. The fourth-order valence-corrected chi connectivity index (χ4v) is 3.06. The Hall–Kier alpha value is -1.88. The minimum atomic E-state index is -0.0822. The number of hydrogen-bond donors (Lipinski definition) is 1. The lowest BCUT2D eigenvalue weighted by Crippen LogP contribution is -2.25. The molecule has 0 radical (unpaired) electrons. The molecule has 0 atom stereocenters. The number of carbonyl (C=O) groups is 1. The van der Waals surface area contributed by atoms with Gasteiger partial charge in [0, 0.05) is 25.8 Å². The van der Waals surface area contributed by atoms with Gasteiger partial charge in [0.25, 0.3) is 5.91 Å². The van der Waals surface area contributed by atoms with Crippen molar-refractivity contribution >= 4 is 35.0 Å². The van der Waals surface area contributed by atoms with Crippen LogP contribution in [0.5, 0.6) is 0 Å². The first kappa shape index (κ1) is 14.1. The second kappa shape index (κ2) is 5.48. The first-order chi connectivity index (χ1) is 10.1. The fraction of sp³-hybridized carbons (Fsp3) is 0.375. The summed E-state index contributed by atoms with van der Waals surface area (Å²) in [5.74, 6) is -0.0822. The number of aryl methyl sites for hydroxylation is 1.